The molecule has 0 saturated heterocycles. The van der Waals surface area contributed by atoms with E-state index in [0.29, 0.717) is 6.04 Å². The number of nitrogens with one attached hydrogen (secondary N) is 1. The van der Waals surface area contributed by atoms with E-state index in [2.05, 4.69) is 27.5 Å². The maximum Gasteiger partial charge on any atom is 0.178 e. The smallest absolute Gasteiger partial charge is 0.178 e. The SMILES string of the molecule is CCc1nnc2ccc(NC3CCCCCCC3)nn12. The summed E-state index contributed by atoms with van der Waals surface area (Å²) >= 11 is 0. The van der Waals surface area contributed by atoms with E-state index in [1.54, 1.807) is 0 Å². The van der Waals surface area contributed by atoms with Gasteiger partial charge in [-0.3, -0.25) is 0 Å². The number of fused-ring (bicyclic) bond motifs is 1. The van der Waals surface area contributed by atoms with E-state index in [4.69, 9.17) is 0 Å². The van der Waals surface area contributed by atoms with E-state index in [0.717, 1.165) is 23.7 Å². The molecule has 0 radical (unpaired) electrons. The average Bonchev–Trinajstić information content (AvgIpc) is 2.84. The van der Waals surface area contributed by atoms with Gasteiger partial charge in [0.15, 0.2) is 11.5 Å². The zero-order valence-electron chi connectivity index (χ0n) is 12.2. The fraction of sp³-hybridized carbons (Fsp3) is 0.667. The van der Waals surface area contributed by atoms with Crippen molar-refractivity contribution in [3.05, 3.63) is 18.0 Å². The Hall–Kier alpha value is -1.65. The molecule has 0 aliphatic heterocycles. The summed E-state index contributed by atoms with van der Waals surface area (Å²) in [6, 6.07) is 4.56. The second-order valence-electron chi connectivity index (χ2n) is 5.64. The van der Waals surface area contributed by atoms with Crippen LogP contribution in [0.1, 0.15) is 57.7 Å². The molecule has 1 saturated carbocycles. The average molecular weight is 273 g/mol. The second-order valence-corrected chi connectivity index (χ2v) is 5.64. The first-order valence-electron chi connectivity index (χ1n) is 7.84. The molecular weight excluding hydrogens is 250 g/mol. The Bertz CT molecular complexity index is 554. The Balaban J connectivity index is 1.75. The topological polar surface area (TPSA) is 55.1 Å². The van der Waals surface area contributed by atoms with E-state index >= 15 is 0 Å². The molecule has 5 heteroatoms. The lowest BCUT2D eigenvalue weighted by Gasteiger charge is -2.21. The Kier molecular flexibility index (Phi) is 4.14. The van der Waals surface area contributed by atoms with Crippen molar-refractivity contribution in [1.82, 2.24) is 19.8 Å². The zero-order chi connectivity index (χ0) is 13.8. The normalized spacial score (nSPS) is 17.9. The Morgan fingerprint density at radius 3 is 2.60 bits per heavy atom. The first kappa shape index (κ1) is 13.3. The standard InChI is InChI=1S/C15H23N5/c1-2-14-17-18-15-11-10-13(19-20(14)15)16-12-8-6-4-3-5-7-9-12/h10-12H,2-9H2,1H3,(H,16,19). The summed E-state index contributed by atoms with van der Waals surface area (Å²) in [5, 5.41) is 16.5. The number of nitrogens with zero attached hydrogens (tertiary/aromatic N) is 4. The highest BCUT2D eigenvalue weighted by atomic mass is 15.4. The Morgan fingerprint density at radius 1 is 1.10 bits per heavy atom. The van der Waals surface area contributed by atoms with Gasteiger partial charge in [-0.15, -0.1) is 15.3 Å². The third kappa shape index (κ3) is 2.92. The maximum atomic E-state index is 4.63. The molecule has 20 heavy (non-hydrogen) atoms. The molecule has 0 unspecified atom stereocenters. The molecule has 0 amide bonds. The minimum absolute atomic E-state index is 0.557. The lowest BCUT2D eigenvalue weighted by molar-refractivity contribution is 0.470. The van der Waals surface area contributed by atoms with Gasteiger partial charge in [0.05, 0.1) is 0 Å². The number of hydrogen-bond acceptors (Lipinski definition) is 4. The summed E-state index contributed by atoms with van der Waals surface area (Å²) in [6.07, 6.45) is 10.1. The highest BCUT2D eigenvalue weighted by molar-refractivity contribution is 5.44. The fourth-order valence-electron chi connectivity index (χ4n) is 2.94. The van der Waals surface area contributed by atoms with E-state index in [1.165, 1.54) is 44.9 Å². The van der Waals surface area contributed by atoms with Crippen molar-refractivity contribution in [2.75, 3.05) is 5.32 Å². The third-order valence-corrected chi connectivity index (χ3v) is 4.10. The molecule has 0 aromatic carbocycles. The molecule has 1 fully saturated rings. The summed E-state index contributed by atoms with van der Waals surface area (Å²) in [6.45, 7) is 2.08. The van der Waals surface area contributed by atoms with Gasteiger partial charge in [0.25, 0.3) is 0 Å². The molecule has 2 heterocycles. The van der Waals surface area contributed by atoms with Crippen LogP contribution in [-0.4, -0.2) is 25.9 Å². The van der Waals surface area contributed by atoms with Crippen molar-refractivity contribution >= 4 is 11.5 Å². The first-order chi connectivity index (χ1) is 9.86. The molecule has 1 aliphatic rings. The number of anilines is 1. The van der Waals surface area contributed by atoms with Crippen LogP contribution in [-0.2, 0) is 6.42 Å². The van der Waals surface area contributed by atoms with Crippen LogP contribution in [0.25, 0.3) is 5.65 Å². The predicted octanol–water partition coefficient (Wildman–Crippen LogP) is 3.21. The van der Waals surface area contributed by atoms with Crippen LogP contribution >= 0.6 is 0 Å². The number of aromatic nitrogens is 4. The summed E-state index contributed by atoms with van der Waals surface area (Å²) in [5.74, 6) is 1.86. The summed E-state index contributed by atoms with van der Waals surface area (Å²) < 4.78 is 1.85. The van der Waals surface area contributed by atoms with Gasteiger partial charge in [0.2, 0.25) is 0 Å². The Morgan fingerprint density at radius 2 is 1.85 bits per heavy atom. The minimum atomic E-state index is 0.557. The van der Waals surface area contributed by atoms with Gasteiger partial charge < -0.3 is 5.32 Å². The van der Waals surface area contributed by atoms with Crippen molar-refractivity contribution in [2.45, 2.75) is 64.3 Å². The quantitative estimate of drug-likeness (QED) is 0.933. The molecule has 3 rings (SSSR count). The monoisotopic (exact) mass is 273 g/mol. The van der Waals surface area contributed by atoms with Gasteiger partial charge in [-0.2, -0.15) is 4.52 Å². The van der Waals surface area contributed by atoms with E-state index in [1.807, 2.05) is 16.6 Å². The van der Waals surface area contributed by atoms with Crippen LogP contribution in [0.4, 0.5) is 5.82 Å². The van der Waals surface area contributed by atoms with Crippen LogP contribution in [0.15, 0.2) is 12.1 Å². The number of rotatable bonds is 3. The highest BCUT2D eigenvalue weighted by Gasteiger charge is 2.12. The second kappa shape index (κ2) is 6.20. The van der Waals surface area contributed by atoms with Gasteiger partial charge in [-0.05, 0) is 25.0 Å². The van der Waals surface area contributed by atoms with Crippen LogP contribution in [0.3, 0.4) is 0 Å². The maximum absolute atomic E-state index is 4.63. The molecule has 108 valence electrons. The number of hydrogen-bond donors (Lipinski definition) is 1. The number of aryl methyl sites for hydroxylation is 1. The van der Waals surface area contributed by atoms with Crippen LogP contribution in [0.5, 0.6) is 0 Å². The zero-order valence-corrected chi connectivity index (χ0v) is 12.2. The lowest BCUT2D eigenvalue weighted by atomic mass is 9.97. The molecule has 5 nitrogen and oxygen atoms in total. The van der Waals surface area contributed by atoms with Crippen molar-refractivity contribution < 1.29 is 0 Å². The molecular formula is C15H23N5. The van der Waals surface area contributed by atoms with Crippen LogP contribution < -0.4 is 5.32 Å². The Labute approximate surface area is 119 Å². The molecule has 1 N–H and O–H groups in total. The lowest BCUT2D eigenvalue weighted by Crippen LogP contribution is -2.21. The van der Waals surface area contributed by atoms with Crippen molar-refractivity contribution in [2.24, 2.45) is 0 Å². The molecule has 2 aromatic rings. The van der Waals surface area contributed by atoms with E-state index < -0.39 is 0 Å². The van der Waals surface area contributed by atoms with E-state index in [9.17, 15) is 0 Å². The fourth-order valence-corrected chi connectivity index (χ4v) is 2.94. The molecule has 0 atom stereocenters. The van der Waals surface area contributed by atoms with Gasteiger partial charge in [0, 0.05) is 12.5 Å². The molecule has 2 aromatic heterocycles. The first-order valence-corrected chi connectivity index (χ1v) is 7.84. The third-order valence-electron chi connectivity index (χ3n) is 4.10. The van der Waals surface area contributed by atoms with Crippen molar-refractivity contribution in [1.29, 1.82) is 0 Å². The highest BCUT2D eigenvalue weighted by Crippen LogP contribution is 2.20. The summed E-state index contributed by atoms with van der Waals surface area (Å²) in [7, 11) is 0. The minimum Gasteiger partial charge on any atom is -0.366 e. The summed E-state index contributed by atoms with van der Waals surface area (Å²) in [5.41, 5.74) is 0.824. The van der Waals surface area contributed by atoms with Gasteiger partial charge >= 0.3 is 0 Å². The van der Waals surface area contributed by atoms with Gasteiger partial charge in [-0.1, -0.05) is 39.0 Å². The van der Waals surface area contributed by atoms with Crippen LogP contribution in [0.2, 0.25) is 0 Å². The molecule has 0 bridgehead atoms. The molecule has 0 spiro atoms. The van der Waals surface area contributed by atoms with Gasteiger partial charge in [0.1, 0.15) is 5.82 Å². The van der Waals surface area contributed by atoms with Gasteiger partial charge in [-0.25, -0.2) is 0 Å². The summed E-state index contributed by atoms with van der Waals surface area (Å²) in [4.78, 5) is 0. The van der Waals surface area contributed by atoms with Crippen molar-refractivity contribution in [3.8, 4) is 0 Å². The molecule has 1 aliphatic carbocycles. The van der Waals surface area contributed by atoms with Crippen molar-refractivity contribution in [3.63, 3.8) is 0 Å². The van der Waals surface area contributed by atoms with E-state index in [-0.39, 0.29) is 0 Å². The predicted molar refractivity (Wildman–Crippen MR) is 79.9 cm³/mol. The largest absolute Gasteiger partial charge is 0.366 e. The van der Waals surface area contributed by atoms with Crippen LogP contribution in [0, 0.1) is 0 Å².